The van der Waals surface area contributed by atoms with Gasteiger partial charge in [0.15, 0.2) is 0 Å². The average molecular weight is 314 g/mol. The van der Waals surface area contributed by atoms with E-state index in [1.54, 1.807) is 17.5 Å². The van der Waals surface area contributed by atoms with E-state index < -0.39 is 5.41 Å². The topological polar surface area (TPSA) is 68.0 Å². The van der Waals surface area contributed by atoms with E-state index in [0.29, 0.717) is 13.1 Å². The molecule has 0 saturated carbocycles. The Balaban J connectivity index is 0. The molecule has 0 aromatic carbocycles. The first-order chi connectivity index (χ1) is 7.68. The van der Waals surface area contributed by atoms with Gasteiger partial charge < -0.3 is 11.1 Å². The van der Waals surface area contributed by atoms with E-state index in [9.17, 15) is 4.79 Å². The SMILES string of the molecule is CCC(CC)(CN)C(=O)NCc1nccs1.Cl.Cl. The molecule has 3 N–H and O–H groups in total. The Hall–Kier alpha value is -0.360. The Labute approximate surface area is 125 Å². The van der Waals surface area contributed by atoms with Crippen molar-refractivity contribution in [3.05, 3.63) is 16.6 Å². The summed E-state index contributed by atoms with van der Waals surface area (Å²) in [6.07, 6.45) is 3.27. The van der Waals surface area contributed by atoms with Crippen molar-refractivity contribution in [2.75, 3.05) is 6.54 Å². The van der Waals surface area contributed by atoms with Crippen molar-refractivity contribution in [1.29, 1.82) is 0 Å². The Morgan fingerprint density at radius 2 is 2.06 bits per heavy atom. The van der Waals surface area contributed by atoms with Gasteiger partial charge in [-0.3, -0.25) is 4.79 Å². The molecule has 106 valence electrons. The number of amides is 1. The molecule has 1 heterocycles. The summed E-state index contributed by atoms with van der Waals surface area (Å²) in [5, 5.41) is 5.73. The van der Waals surface area contributed by atoms with Crippen LogP contribution in [0.1, 0.15) is 31.7 Å². The molecule has 0 atom stereocenters. The van der Waals surface area contributed by atoms with Crippen LogP contribution in [0.3, 0.4) is 0 Å². The second-order valence-electron chi connectivity index (χ2n) is 3.80. The number of aromatic nitrogens is 1. The molecular weight excluding hydrogens is 293 g/mol. The van der Waals surface area contributed by atoms with Crippen molar-refractivity contribution in [2.45, 2.75) is 33.2 Å². The maximum atomic E-state index is 12.0. The number of halogens is 2. The van der Waals surface area contributed by atoms with Gasteiger partial charge in [0.2, 0.25) is 5.91 Å². The maximum absolute atomic E-state index is 12.0. The number of thiazole rings is 1. The molecule has 0 saturated heterocycles. The van der Waals surface area contributed by atoms with Crippen LogP contribution < -0.4 is 11.1 Å². The molecule has 1 aromatic heterocycles. The van der Waals surface area contributed by atoms with Crippen molar-refractivity contribution < 1.29 is 4.79 Å². The molecule has 4 nitrogen and oxygen atoms in total. The van der Waals surface area contributed by atoms with Crippen molar-refractivity contribution in [2.24, 2.45) is 11.1 Å². The third kappa shape index (κ3) is 4.72. The van der Waals surface area contributed by atoms with E-state index >= 15 is 0 Å². The van der Waals surface area contributed by atoms with Gasteiger partial charge in [0.1, 0.15) is 5.01 Å². The summed E-state index contributed by atoms with van der Waals surface area (Å²) >= 11 is 1.54. The first-order valence-electron chi connectivity index (χ1n) is 5.55. The van der Waals surface area contributed by atoms with E-state index in [-0.39, 0.29) is 30.7 Å². The van der Waals surface area contributed by atoms with Gasteiger partial charge in [-0.25, -0.2) is 4.98 Å². The molecule has 0 aliphatic carbocycles. The Kier molecular flexibility index (Phi) is 10.6. The highest BCUT2D eigenvalue weighted by Gasteiger charge is 2.32. The number of nitrogens with zero attached hydrogens (tertiary/aromatic N) is 1. The van der Waals surface area contributed by atoms with Crippen molar-refractivity contribution >= 4 is 42.1 Å². The summed E-state index contributed by atoms with van der Waals surface area (Å²) in [6, 6.07) is 0. The molecule has 1 aromatic rings. The van der Waals surface area contributed by atoms with Crippen LogP contribution in [0.5, 0.6) is 0 Å². The van der Waals surface area contributed by atoms with E-state index in [2.05, 4.69) is 10.3 Å². The van der Waals surface area contributed by atoms with Gasteiger partial charge in [-0.05, 0) is 12.8 Å². The summed E-state index contributed by atoms with van der Waals surface area (Å²) in [5.74, 6) is 0.0372. The first-order valence-corrected chi connectivity index (χ1v) is 6.43. The largest absolute Gasteiger partial charge is 0.349 e. The first kappa shape index (κ1) is 20.0. The normalized spacial score (nSPS) is 10.2. The summed E-state index contributed by atoms with van der Waals surface area (Å²) < 4.78 is 0. The van der Waals surface area contributed by atoms with Crippen LogP contribution >= 0.6 is 36.2 Å². The van der Waals surface area contributed by atoms with Crippen LogP contribution in [0.15, 0.2) is 11.6 Å². The van der Waals surface area contributed by atoms with Crippen molar-refractivity contribution in [3.63, 3.8) is 0 Å². The molecule has 18 heavy (non-hydrogen) atoms. The lowest BCUT2D eigenvalue weighted by Crippen LogP contribution is -2.45. The monoisotopic (exact) mass is 313 g/mol. The molecular formula is C11H21Cl2N3OS. The van der Waals surface area contributed by atoms with E-state index in [1.165, 1.54) is 0 Å². The minimum atomic E-state index is -0.419. The minimum absolute atomic E-state index is 0. The van der Waals surface area contributed by atoms with E-state index in [4.69, 9.17) is 5.73 Å². The molecule has 0 aliphatic heterocycles. The summed E-state index contributed by atoms with van der Waals surface area (Å²) in [4.78, 5) is 16.2. The number of hydrogen-bond acceptors (Lipinski definition) is 4. The third-order valence-corrected chi connectivity index (χ3v) is 3.89. The summed E-state index contributed by atoms with van der Waals surface area (Å²) in [7, 11) is 0. The maximum Gasteiger partial charge on any atom is 0.227 e. The van der Waals surface area contributed by atoms with Crippen LogP contribution in [0.25, 0.3) is 0 Å². The van der Waals surface area contributed by atoms with Crippen LogP contribution in [-0.4, -0.2) is 17.4 Å². The summed E-state index contributed by atoms with van der Waals surface area (Å²) in [6.45, 7) is 4.89. The Bertz CT molecular complexity index is 321. The van der Waals surface area contributed by atoms with E-state index in [0.717, 1.165) is 17.8 Å². The number of nitrogens with one attached hydrogen (secondary N) is 1. The molecule has 0 spiro atoms. The molecule has 0 bridgehead atoms. The zero-order chi connectivity index (χ0) is 12.0. The predicted molar refractivity (Wildman–Crippen MR) is 80.5 cm³/mol. The fraction of sp³-hybridized carbons (Fsp3) is 0.636. The van der Waals surface area contributed by atoms with Gasteiger partial charge in [-0.1, -0.05) is 13.8 Å². The minimum Gasteiger partial charge on any atom is -0.349 e. The van der Waals surface area contributed by atoms with Gasteiger partial charge in [0.05, 0.1) is 12.0 Å². The smallest absolute Gasteiger partial charge is 0.227 e. The number of rotatable bonds is 6. The number of carbonyl (C=O) groups is 1. The van der Waals surface area contributed by atoms with Crippen LogP contribution in [0, 0.1) is 5.41 Å². The molecule has 1 amide bonds. The van der Waals surface area contributed by atoms with Gasteiger partial charge in [0, 0.05) is 18.1 Å². The Morgan fingerprint density at radius 3 is 2.44 bits per heavy atom. The quantitative estimate of drug-likeness (QED) is 0.847. The van der Waals surface area contributed by atoms with Crippen LogP contribution in [0.4, 0.5) is 0 Å². The van der Waals surface area contributed by atoms with Crippen molar-refractivity contribution in [3.8, 4) is 0 Å². The fourth-order valence-electron chi connectivity index (χ4n) is 1.64. The van der Waals surface area contributed by atoms with Gasteiger partial charge >= 0.3 is 0 Å². The molecule has 1 rings (SSSR count). The van der Waals surface area contributed by atoms with Gasteiger partial charge in [0.25, 0.3) is 0 Å². The molecule has 0 fully saturated rings. The van der Waals surface area contributed by atoms with Crippen LogP contribution in [-0.2, 0) is 11.3 Å². The van der Waals surface area contributed by atoms with Gasteiger partial charge in [-0.15, -0.1) is 36.2 Å². The lowest BCUT2D eigenvalue weighted by Gasteiger charge is -2.28. The Morgan fingerprint density at radius 1 is 1.44 bits per heavy atom. The molecule has 7 heteroatoms. The second kappa shape index (κ2) is 9.55. The highest BCUT2D eigenvalue weighted by atomic mass is 35.5. The summed E-state index contributed by atoms with van der Waals surface area (Å²) in [5.41, 5.74) is 5.29. The standard InChI is InChI=1S/C11H19N3OS.2ClH/c1-3-11(4-2,8-12)10(15)14-7-9-13-5-6-16-9;;/h5-6H,3-4,7-8,12H2,1-2H3,(H,14,15);2*1H. The predicted octanol–water partition coefficient (Wildman–Crippen LogP) is 2.37. The van der Waals surface area contributed by atoms with E-state index in [1.807, 2.05) is 19.2 Å². The van der Waals surface area contributed by atoms with Crippen molar-refractivity contribution in [1.82, 2.24) is 10.3 Å². The van der Waals surface area contributed by atoms with Crippen LogP contribution in [0.2, 0.25) is 0 Å². The highest BCUT2D eigenvalue weighted by Crippen LogP contribution is 2.25. The number of carbonyl (C=O) groups excluding carboxylic acids is 1. The lowest BCUT2D eigenvalue weighted by atomic mass is 9.81. The second-order valence-corrected chi connectivity index (χ2v) is 4.78. The molecule has 0 radical (unpaired) electrons. The lowest BCUT2D eigenvalue weighted by molar-refractivity contribution is -0.131. The number of hydrogen-bond donors (Lipinski definition) is 2. The zero-order valence-corrected chi connectivity index (χ0v) is 13.1. The third-order valence-electron chi connectivity index (χ3n) is 3.11. The molecule has 0 aliphatic rings. The molecule has 0 unspecified atom stereocenters. The average Bonchev–Trinajstić information content (AvgIpc) is 2.82. The highest BCUT2D eigenvalue weighted by molar-refractivity contribution is 7.09. The van der Waals surface area contributed by atoms with Gasteiger partial charge in [-0.2, -0.15) is 0 Å². The number of nitrogens with two attached hydrogens (primary N) is 1. The fourth-order valence-corrected chi connectivity index (χ4v) is 2.19. The zero-order valence-electron chi connectivity index (χ0n) is 10.6.